The van der Waals surface area contributed by atoms with Gasteiger partial charge in [0.2, 0.25) is 0 Å². The first-order valence-corrected chi connectivity index (χ1v) is 7.32. The summed E-state index contributed by atoms with van der Waals surface area (Å²) in [5.41, 5.74) is 3.15. The second-order valence-electron chi connectivity index (χ2n) is 6.19. The molecule has 1 saturated heterocycles. The summed E-state index contributed by atoms with van der Waals surface area (Å²) in [5, 5.41) is 0. The normalized spacial score (nSPS) is 24.4. The van der Waals surface area contributed by atoms with E-state index in [-0.39, 0.29) is 5.78 Å². The molecule has 0 radical (unpaired) electrons. The summed E-state index contributed by atoms with van der Waals surface area (Å²) in [4.78, 5) is 14.8. The zero-order valence-electron chi connectivity index (χ0n) is 12.6. The zero-order chi connectivity index (χ0) is 14.0. The van der Waals surface area contributed by atoms with Gasteiger partial charge in [-0.1, -0.05) is 24.6 Å². The Kier molecular flexibility index (Phi) is 4.41. The number of likely N-dealkylation sites (tertiary alicyclic amines) is 1. The molecule has 2 heteroatoms. The average Bonchev–Trinajstić information content (AvgIpc) is 2.35. The number of hydrogen-bond acceptors (Lipinski definition) is 2. The quantitative estimate of drug-likeness (QED) is 0.773. The van der Waals surface area contributed by atoms with Crippen molar-refractivity contribution in [1.82, 2.24) is 4.90 Å². The molecule has 2 atom stereocenters. The van der Waals surface area contributed by atoms with Crippen LogP contribution in [0.3, 0.4) is 0 Å². The lowest BCUT2D eigenvalue weighted by Crippen LogP contribution is -2.43. The maximum absolute atomic E-state index is 12.5. The van der Waals surface area contributed by atoms with Crippen molar-refractivity contribution in [3.63, 3.8) is 0 Å². The van der Waals surface area contributed by atoms with Gasteiger partial charge >= 0.3 is 0 Å². The van der Waals surface area contributed by atoms with Crippen LogP contribution in [-0.2, 0) is 0 Å². The first-order chi connectivity index (χ1) is 8.97. The van der Waals surface area contributed by atoms with Crippen molar-refractivity contribution in [1.29, 1.82) is 0 Å². The maximum Gasteiger partial charge on any atom is 0.177 e. The van der Waals surface area contributed by atoms with Gasteiger partial charge in [-0.05, 0) is 57.7 Å². The van der Waals surface area contributed by atoms with Gasteiger partial charge in [0.15, 0.2) is 5.78 Å². The van der Waals surface area contributed by atoms with Crippen molar-refractivity contribution < 1.29 is 4.79 Å². The van der Waals surface area contributed by atoms with E-state index in [0.717, 1.165) is 29.2 Å². The van der Waals surface area contributed by atoms with E-state index in [2.05, 4.69) is 24.8 Å². The van der Waals surface area contributed by atoms with Gasteiger partial charge in [-0.15, -0.1) is 0 Å². The molecule has 0 bridgehead atoms. The predicted molar refractivity (Wildman–Crippen MR) is 79.7 cm³/mol. The largest absolute Gasteiger partial charge is 0.293 e. The van der Waals surface area contributed by atoms with E-state index in [1.165, 1.54) is 12.8 Å². The summed E-state index contributed by atoms with van der Waals surface area (Å²) in [7, 11) is 0. The van der Waals surface area contributed by atoms with Crippen LogP contribution in [0, 0.1) is 19.8 Å². The van der Waals surface area contributed by atoms with Crippen molar-refractivity contribution in [2.45, 2.75) is 46.6 Å². The Morgan fingerprint density at radius 3 is 2.74 bits per heavy atom. The highest BCUT2D eigenvalue weighted by Crippen LogP contribution is 2.22. The number of rotatable bonds is 3. The van der Waals surface area contributed by atoms with E-state index in [0.29, 0.717) is 12.6 Å². The van der Waals surface area contributed by atoms with Crippen LogP contribution in [0.25, 0.3) is 0 Å². The van der Waals surface area contributed by atoms with Crippen LogP contribution < -0.4 is 0 Å². The number of ketones is 1. The molecule has 0 spiro atoms. The fourth-order valence-electron chi connectivity index (χ4n) is 3.00. The van der Waals surface area contributed by atoms with Crippen LogP contribution >= 0.6 is 0 Å². The molecule has 1 aliphatic heterocycles. The van der Waals surface area contributed by atoms with Crippen molar-refractivity contribution >= 4 is 5.78 Å². The highest BCUT2D eigenvalue weighted by Gasteiger charge is 2.25. The number of nitrogens with zero attached hydrogens (tertiary/aromatic N) is 1. The number of benzene rings is 1. The van der Waals surface area contributed by atoms with Gasteiger partial charge in [0, 0.05) is 11.6 Å². The number of Topliss-reactive ketones (excluding diaryl/α,β-unsaturated/α-hetero) is 1. The van der Waals surface area contributed by atoms with E-state index < -0.39 is 0 Å². The molecule has 1 aromatic rings. The SMILES string of the molecule is Cc1ccc(C)c(C(=O)CN2CCC(C)CC2C)c1. The van der Waals surface area contributed by atoms with Crippen LogP contribution in [0.5, 0.6) is 0 Å². The molecule has 0 saturated carbocycles. The van der Waals surface area contributed by atoms with Gasteiger partial charge in [0.1, 0.15) is 0 Å². The fourth-order valence-corrected chi connectivity index (χ4v) is 3.00. The Balaban J connectivity index is 2.06. The Bertz CT molecular complexity index is 466. The number of carbonyl (C=O) groups is 1. The zero-order valence-corrected chi connectivity index (χ0v) is 12.6. The van der Waals surface area contributed by atoms with Crippen LogP contribution in [0.4, 0.5) is 0 Å². The van der Waals surface area contributed by atoms with Gasteiger partial charge < -0.3 is 0 Å². The Morgan fingerprint density at radius 2 is 2.05 bits per heavy atom. The molecule has 0 amide bonds. The minimum atomic E-state index is 0.266. The lowest BCUT2D eigenvalue weighted by atomic mass is 9.92. The highest BCUT2D eigenvalue weighted by atomic mass is 16.1. The first-order valence-electron chi connectivity index (χ1n) is 7.32. The van der Waals surface area contributed by atoms with Crippen LogP contribution in [0.15, 0.2) is 18.2 Å². The highest BCUT2D eigenvalue weighted by molar-refractivity contribution is 5.99. The molecule has 1 aliphatic rings. The van der Waals surface area contributed by atoms with E-state index >= 15 is 0 Å². The number of carbonyl (C=O) groups excluding carboxylic acids is 1. The molecule has 2 nitrogen and oxygen atoms in total. The average molecular weight is 259 g/mol. The van der Waals surface area contributed by atoms with E-state index in [9.17, 15) is 4.79 Å². The monoisotopic (exact) mass is 259 g/mol. The van der Waals surface area contributed by atoms with Gasteiger partial charge in [-0.25, -0.2) is 0 Å². The minimum absolute atomic E-state index is 0.266. The minimum Gasteiger partial charge on any atom is -0.293 e. The van der Waals surface area contributed by atoms with Gasteiger partial charge in [0.25, 0.3) is 0 Å². The van der Waals surface area contributed by atoms with Gasteiger partial charge in [-0.2, -0.15) is 0 Å². The van der Waals surface area contributed by atoms with E-state index in [1.54, 1.807) is 0 Å². The molecule has 1 heterocycles. The maximum atomic E-state index is 12.5. The third kappa shape index (κ3) is 3.44. The first kappa shape index (κ1) is 14.3. The molecule has 1 fully saturated rings. The topological polar surface area (TPSA) is 20.3 Å². The second-order valence-corrected chi connectivity index (χ2v) is 6.19. The third-order valence-corrected chi connectivity index (χ3v) is 4.32. The summed E-state index contributed by atoms with van der Waals surface area (Å²) in [6, 6.07) is 6.66. The second kappa shape index (κ2) is 5.87. The van der Waals surface area contributed by atoms with Crippen LogP contribution in [0.1, 0.15) is 48.2 Å². The summed E-state index contributed by atoms with van der Waals surface area (Å²) in [5.74, 6) is 1.06. The number of piperidine rings is 1. The summed E-state index contributed by atoms with van der Waals surface area (Å²) < 4.78 is 0. The van der Waals surface area contributed by atoms with E-state index in [4.69, 9.17) is 0 Å². The number of aryl methyl sites for hydroxylation is 2. The van der Waals surface area contributed by atoms with Crippen molar-refractivity contribution in [3.05, 3.63) is 34.9 Å². The molecule has 0 aromatic heterocycles. The molecular formula is C17H25NO. The predicted octanol–water partition coefficient (Wildman–Crippen LogP) is 3.61. The molecule has 19 heavy (non-hydrogen) atoms. The van der Waals surface area contributed by atoms with Gasteiger partial charge in [-0.3, -0.25) is 9.69 Å². The molecule has 0 N–H and O–H groups in total. The fraction of sp³-hybridized carbons (Fsp3) is 0.588. The smallest absolute Gasteiger partial charge is 0.177 e. The molecule has 104 valence electrons. The van der Waals surface area contributed by atoms with Crippen molar-refractivity contribution in [3.8, 4) is 0 Å². The molecule has 2 unspecified atom stereocenters. The summed E-state index contributed by atoms with van der Waals surface area (Å²) in [6.45, 7) is 10.2. The molecule has 0 aliphatic carbocycles. The van der Waals surface area contributed by atoms with Crippen molar-refractivity contribution in [2.75, 3.05) is 13.1 Å². The molecule has 1 aromatic carbocycles. The summed E-state index contributed by atoms with van der Waals surface area (Å²) in [6.07, 6.45) is 2.42. The third-order valence-electron chi connectivity index (χ3n) is 4.32. The van der Waals surface area contributed by atoms with Crippen LogP contribution in [0.2, 0.25) is 0 Å². The van der Waals surface area contributed by atoms with Crippen molar-refractivity contribution in [2.24, 2.45) is 5.92 Å². The van der Waals surface area contributed by atoms with Gasteiger partial charge in [0.05, 0.1) is 6.54 Å². The van der Waals surface area contributed by atoms with E-state index in [1.807, 2.05) is 26.0 Å². The standard InChI is InChI=1S/C17H25NO/c1-12-5-6-14(3)16(10-12)17(19)11-18-8-7-13(2)9-15(18)4/h5-6,10,13,15H,7-9,11H2,1-4H3. The Hall–Kier alpha value is -1.15. The Morgan fingerprint density at radius 1 is 1.32 bits per heavy atom. The summed E-state index contributed by atoms with van der Waals surface area (Å²) >= 11 is 0. The lowest BCUT2D eigenvalue weighted by molar-refractivity contribution is 0.0815. The Labute approximate surface area is 116 Å². The molecular weight excluding hydrogens is 234 g/mol. The lowest BCUT2D eigenvalue weighted by Gasteiger charge is -2.36. The van der Waals surface area contributed by atoms with Crippen LogP contribution in [-0.4, -0.2) is 29.8 Å². The molecule has 2 rings (SSSR count). The number of hydrogen-bond donors (Lipinski definition) is 0.